The summed E-state index contributed by atoms with van der Waals surface area (Å²) in [6.07, 6.45) is -4.21. The fourth-order valence-corrected chi connectivity index (χ4v) is 2.38. The van der Waals surface area contributed by atoms with Crippen LogP contribution in [0, 0.1) is 0 Å². The number of rotatable bonds is 8. The second kappa shape index (κ2) is 9.96. The Hall–Kier alpha value is -3.29. The highest BCUT2D eigenvalue weighted by molar-refractivity contribution is 5.90. The number of hydrogen-bond acceptors (Lipinski definition) is 10. The summed E-state index contributed by atoms with van der Waals surface area (Å²) in [5, 5.41) is 29.4. The smallest absolute Gasteiger partial charge is 0.393 e. The summed E-state index contributed by atoms with van der Waals surface area (Å²) in [6.45, 7) is 8.30. The topological polar surface area (TPSA) is 190 Å². The Bertz CT molecular complexity index is 1030. The second-order valence-corrected chi connectivity index (χ2v) is 6.48. The lowest BCUT2D eigenvalue weighted by Gasteiger charge is -2.20. The van der Waals surface area contributed by atoms with Crippen LogP contribution in [0.25, 0.3) is 0 Å². The third kappa shape index (κ3) is 5.85. The summed E-state index contributed by atoms with van der Waals surface area (Å²) >= 11 is 0. The van der Waals surface area contributed by atoms with Crippen LogP contribution in [0.4, 0.5) is 0 Å². The molecular formula is C17H23N3O10. The first kappa shape index (κ1) is 24.7. The number of carbonyl (C=O) groups is 2. The molecule has 1 heterocycles. The molecule has 0 radical (unpaired) electrons. The molecule has 30 heavy (non-hydrogen) atoms. The lowest BCUT2D eigenvalue weighted by molar-refractivity contribution is -0.144. The Labute approximate surface area is 169 Å². The molecule has 3 atom stereocenters. The van der Waals surface area contributed by atoms with E-state index in [0.29, 0.717) is 0 Å². The molecule has 0 saturated carbocycles. The Balaban J connectivity index is 3.54. The van der Waals surface area contributed by atoms with Gasteiger partial charge in [0, 0.05) is 17.6 Å². The van der Waals surface area contributed by atoms with Gasteiger partial charge in [-0.1, -0.05) is 16.0 Å². The summed E-state index contributed by atoms with van der Waals surface area (Å²) in [7, 11) is 0. The molecule has 0 aliphatic carbocycles. The van der Waals surface area contributed by atoms with Crippen molar-refractivity contribution in [3.05, 3.63) is 54.8 Å². The first-order chi connectivity index (χ1) is 13.8. The first-order valence-electron chi connectivity index (χ1n) is 8.64. The molecule has 0 bridgehead atoms. The van der Waals surface area contributed by atoms with E-state index in [2.05, 4.69) is 11.4 Å². The highest BCUT2D eigenvalue weighted by Crippen LogP contribution is 2.19. The average molecular weight is 429 g/mol. The van der Waals surface area contributed by atoms with Crippen molar-refractivity contribution in [3.8, 4) is 0 Å². The largest absolute Gasteiger partial charge is 0.404 e. The van der Waals surface area contributed by atoms with Gasteiger partial charge in [-0.2, -0.15) is 0 Å². The molecule has 0 saturated heterocycles. The first-order valence-corrected chi connectivity index (χ1v) is 8.64. The van der Waals surface area contributed by atoms with E-state index in [1.54, 1.807) is 4.98 Å². The lowest BCUT2D eigenvalue weighted by atomic mass is 9.95. The van der Waals surface area contributed by atoms with E-state index >= 15 is 0 Å². The number of aromatic nitrogens is 3. The van der Waals surface area contributed by atoms with Gasteiger partial charge in [-0.05, 0) is 33.3 Å². The monoisotopic (exact) mass is 429 g/mol. The quantitative estimate of drug-likeness (QED) is 0.310. The van der Waals surface area contributed by atoms with Crippen molar-refractivity contribution in [1.82, 2.24) is 14.4 Å². The number of nitrogens with zero attached hydrogens (tertiary/aromatic N) is 2. The maximum absolute atomic E-state index is 12.6. The van der Waals surface area contributed by atoms with Crippen LogP contribution in [0.3, 0.4) is 0 Å². The van der Waals surface area contributed by atoms with Crippen molar-refractivity contribution < 1.29 is 34.6 Å². The molecule has 1 aromatic heterocycles. The van der Waals surface area contributed by atoms with Crippen LogP contribution in [-0.4, -0.2) is 60.0 Å². The minimum atomic E-state index is -1.63. The highest BCUT2D eigenvalue weighted by Gasteiger charge is 2.27. The number of hydrogen-bond donors (Lipinski definition) is 4. The Morgan fingerprint density at radius 1 is 0.967 bits per heavy atom. The van der Waals surface area contributed by atoms with Crippen LogP contribution in [0.1, 0.15) is 34.1 Å². The number of aromatic amines is 1. The van der Waals surface area contributed by atoms with E-state index in [0.717, 1.165) is 0 Å². The number of aliphatic hydroxyl groups excluding tert-OH is 3. The number of aliphatic hydroxyl groups is 3. The van der Waals surface area contributed by atoms with Gasteiger partial charge >= 0.3 is 29.0 Å². The molecule has 0 amide bonds. The number of carbonyl (C=O) groups excluding carboxylic acids is 2. The van der Waals surface area contributed by atoms with E-state index in [-0.39, 0.29) is 20.6 Å². The summed E-state index contributed by atoms with van der Waals surface area (Å²) in [5.74, 6) is -2.55. The summed E-state index contributed by atoms with van der Waals surface area (Å²) in [6, 6.07) is 0. The number of H-pyrrole nitrogens is 1. The standard InChI is InChI=1S/C17H23N3O10/c1-7(2)13(24)29-19-15(26)18-16(27)20(17(19)28)30-14(25)11(6-8(3)21)12(9(4)22)10(5)23/h8-10,21-23H,1,6H2,2-5H3,(H,18,26,27). The van der Waals surface area contributed by atoms with Crippen molar-refractivity contribution in [3.63, 3.8) is 0 Å². The molecule has 13 heteroatoms. The van der Waals surface area contributed by atoms with Crippen molar-refractivity contribution in [2.75, 3.05) is 0 Å². The van der Waals surface area contributed by atoms with Gasteiger partial charge in [-0.3, -0.25) is 4.98 Å². The molecule has 3 unspecified atom stereocenters. The molecule has 0 aliphatic rings. The van der Waals surface area contributed by atoms with Gasteiger partial charge in [0.2, 0.25) is 0 Å². The zero-order valence-electron chi connectivity index (χ0n) is 16.7. The molecule has 13 nitrogen and oxygen atoms in total. The van der Waals surface area contributed by atoms with Crippen LogP contribution >= 0.6 is 0 Å². The molecule has 0 fully saturated rings. The van der Waals surface area contributed by atoms with Gasteiger partial charge in [0.05, 0.1) is 18.3 Å². The van der Waals surface area contributed by atoms with Gasteiger partial charge in [0.15, 0.2) is 0 Å². The molecule has 1 aromatic rings. The third-order valence-corrected chi connectivity index (χ3v) is 3.62. The van der Waals surface area contributed by atoms with E-state index in [4.69, 9.17) is 4.84 Å². The summed E-state index contributed by atoms with van der Waals surface area (Å²) < 4.78 is -0.354. The lowest BCUT2D eigenvalue weighted by Crippen LogP contribution is -2.55. The average Bonchev–Trinajstić information content (AvgIpc) is 2.60. The van der Waals surface area contributed by atoms with Crippen LogP contribution in [0.5, 0.6) is 0 Å². The molecule has 1 rings (SSSR count). The molecule has 0 spiro atoms. The van der Waals surface area contributed by atoms with Crippen molar-refractivity contribution in [1.29, 1.82) is 0 Å². The second-order valence-electron chi connectivity index (χ2n) is 6.48. The van der Waals surface area contributed by atoms with E-state index < -0.39 is 59.3 Å². The molecule has 166 valence electrons. The van der Waals surface area contributed by atoms with Gasteiger partial charge in [0.25, 0.3) is 0 Å². The normalized spacial score (nSPS) is 13.7. The minimum absolute atomic E-state index is 0.159. The molecule has 0 aromatic carbocycles. The van der Waals surface area contributed by atoms with Crippen molar-refractivity contribution >= 4 is 11.9 Å². The zero-order chi connectivity index (χ0) is 23.3. The van der Waals surface area contributed by atoms with Gasteiger partial charge in [-0.15, -0.1) is 0 Å². The summed E-state index contributed by atoms with van der Waals surface area (Å²) in [5.41, 5.74) is -5.30. The fraction of sp³-hybridized carbons (Fsp3) is 0.471. The maximum Gasteiger partial charge on any atom is 0.404 e. The van der Waals surface area contributed by atoms with Gasteiger partial charge in [0.1, 0.15) is 0 Å². The van der Waals surface area contributed by atoms with E-state index in [1.807, 2.05) is 0 Å². The Morgan fingerprint density at radius 3 is 1.77 bits per heavy atom. The van der Waals surface area contributed by atoms with Gasteiger partial charge < -0.3 is 25.0 Å². The van der Waals surface area contributed by atoms with Crippen LogP contribution in [0.15, 0.2) is 37.7 Å². The van der Waals surface area contributed by atoms with Crippen LogP contribution < -0.4 is 26.7 Å². The Kier molecular flexibility index (Phi) is 8.21. The molecular weight excluding hydrogens is 406 g/mol. The minimum Gasteiger partial charge on any atom is -0.393 e. The summed E-state index contributed by atoms with van der Waals surface area (Å²) in [4.78, 5) is 71.1. The van der Waals surface area contributed by atoms with Crippen molar-refractivity contribution in [2.45, 2.75) is 52.4 Å². The van der Waals surface area contributed by atoms with Crippen molar-refractivity contribution in [2.24, 2.45) is 0 Å². The molecule has 4 N–H and O–H groups in total. The third-order valence-electron chi connectivity index (χ3n) is 3.62. The van der Waals surface area contributed by atoms with Crippen LogP contribution in [0.2, 0.25) is 0 Å². The van der Waals surface area contributed by atoms with Crippen LogP contribution in [-0.2, 0) is 9.59 Å². The maximum atomic E-state index is 12.6. The Morgan fingerprint density at radius 2 is 1.40 bits per heavy atom. The fourth-order valence-electron chi connectivity index (χ4n) is 2.38. The zero-order valence-corrected chi connectivity index (χ0v) is 16.7. The van der Waals surface area contributed by atoms with Gasteiger partial charge in [-0.25, -0.2) is 24.0 Å². The van der Waals surface area contributed by atoms with E-state index in [1.165, 1.54) is 27.7 Å². The highest BCUT2D eigenvalue weighted by atomic mass is 16.7. The predicted octanol–water partition coefficient (Wildman–Crippen LogP) is -2.99. The predicted molar refractivity (Wildman–Crippen MR) is 100 cm³/mol. The number of nitrogens with one attached hydrogen (secondary N) is 1. The molecule has 0 aliphatic heterocycles. The van der Waals surface area contributed by atoms with E-state index in [9.17, 15) is 39.3 Å². The SMILES string of the molecule is C=C(C)C(=O)On1c(=O)[nH]c(=O)n(OC(=O)C(CC(C)O)=C(C(C)O)C(C)O)c1=O.